The fraction of sp³-hybridized carbons (Fsp3) is 0.217. The first-order valence-electron chi connectivity index (χ1n) is 9.43. The van der Waals surface area contributed by atoms with E-state index in [9.17, 15) is 9.59 Å². The van der Waals surface area contributed by atoms with E-state index < -0.39 is 0 Å². The molecule has 0 saturated heterocycles. The fourth-order valence-corrected chi connectivity index (χ4v) is 3.35. The summed E-state index contributed by atoms with van der Waals surface area (Å²) in [5, 5.41) is 2.86. The Labute approximate surface area is 164 Å². The Kier molecular flexibility index (Phi) is 5.24. The quantitative estimate of drug-likeness (QED) is 0.685. The van der Waals surface area contributed by atoms with Crippen molar-refractivity contribution in [2.75, 3.05) is 4.90 Å². The lowest BCUT2D eigenvalue weighted by atomic mass is 10.1. The van der Waals surface area contributed by atoms with Crippen molar-refractivity contribution in [2.45, 2.75) is 19.5 Å². The fourth-order valence-electron chi connectivity index (χ4n) is 3.35. The number of anilines is 1. The number of hydrogen-bond donors (Lipinski definition) is 1. The molecule has 5 nitrogen and oxygen atoms in total. The van der Waals surface area contributed by atoms with Gasteiger partial charge in [0.25, 0.3) is 0 Å². The maximum absolute atomic E-state index is 13.2. The van der Waals surface area contributed by atoms with Crippen molar-refractivity contribution in [1.82, 2.24) is 5.32 Å². The lowest BCUT2D eigenvalue weighted by Gasteiger charge is -2.23. The largest absolute Gasteiger partial charge is 0.467 e. The van der Waals surface area contributed by atoms with Crippen molar-refractivity contribution in [3.05, 3.63) is 90.4 Å². The van der Waals surface area contributed by atoms with Gasteiger partial charge in [-0.1, -0.05) is 48.5 Å². The van der Waals surface area contributed by atoms with Crippen LogP contribution in [0.4, 0.5) is 5.69 Å². The summed E-state index contributed by atoms with van der Waals surface area (Å²) >= 11 is 0. The Hall–Kier alpha value is -3.34. The predicted octanol–water partition coefficient (Wildman–Crippen LogP) is 3.77. The van der Waals surface area contributed by atoms with Gasteiger partial charge in [-0.3, -0.25) is 9.59 Å². The smallest absolute Gasteiger partial charge is 0.231 e. The number of hydrogen-bond acceptors (Lipinski definition) is 3. The Morgan fingerprint density at radius 3 is 2.32 bits per heavy atom. The lowest BCUT2D eigenvalue weighted by Crippen LogP contribution is -2.34. The van der Waals surface area contributed by atoms with Gasteiger partial charge in [0.1, 0.15) is 5.76 Å². The van der Waals surface area contributed by atoms with Crippen molar-refractivity contribution >= 4 is 17.5 Å². The minimum atomic E-state index is -0.277. The lowest BCUT2D eigenvalue weighted by molar-refractivity contribution is -0.126. The standard InChI is InChI=1S/C23H22N2O3/c26-22(24-15-19-12-7-13-28-19)20-14-21(20)23(27)25(18-10-5-2-6-11-18)16-17-8-3-1-4-9-17/h1-13,20-21H,14-16H2,(H,24,26). The number of nitrogens with zero attached hydrogens (tertiary/aromatic N) is 1. The molecule has 142 valence electrons. The zero-order valence-corrected chi connectivity index (χ0v) is 15.5. The number of amides is 2. The van der Waals surface area contributed by atoms with E-state index in [2.05, 4.69) is 5.32 Å². The molecule has 0 bridgehead atoms. The molecule has 0 aliphatic heterocycles. The Bertz CT molecular complexity index is 923. The average Bonchev–Trinajstić information content (AvgIpc) is 3.38. The SMILES string of the molecule is O=C(NCc1ccco1)C1CC1C(=O)N(Cc1ccccc1)c1ccccc1. The molecular formula is C23H22N2O3. The number of benzene rings is 2. The van der Waals surface area contributed by atoms with E-state index >= 15 is 0 Å². The van der Waals surface area contributed by atoms with Gasteiger partial charge < -0.3 is 14.6 Å². The van der Waals surface area contributed by atoms with Gasteiger partial charge in [-0.25, -0.2) is 0 Å². The van der Waals surface area contributed by atoms with E-state index in [0.717, 1.165) is 11.3 Å². The van der Waals surface area contributed by atoms with Gasteiger partial charge in [-0.2, -0.15) is 0 Å². The third kappa shape index (κ3) is 4.14. The van der Waals surface area contributed by atoms with Crippen LogP contribution in [-0.2, 0) is 22.7 Å². The second kappa shape index (κ2) is 8.13. The molecule has 1 saturated carbocycles. The molecule has 5 heteroatoms. The molecule has 1 aromatic heterocycles. The number of nitrogens with one attached hydrogen (secondary N) is 1. The first kappa shape index (κ1) is 18.0. The molecule has 4 rings (SSSR count). The van der Waals surface area contributed by atoms with E-state index in [0.29, 0.717) is 25.3 Å². The second-order valence-electron chi connectivity index (χ2n) is 6.99. The summed E-state index contributed by atoms with van der Waals surface area (Å²) in [7, 11) is 0. The number of para-hydroxylation sites is 1. The third-order valence-electron chi connectivity index (χ3n) is 4.98. The van der Waals surface area contributed by atoms with Crippen LogP contribution in [0.3, 0.4) is 0 Å². The van der Waals surface area contributed by atoms with Gasteiger partial charge in [0.2, 0.25) is 11.8 Å². The van der Waals surface area contributed by atoms with Crippen molar-refractivity contribution in [3.8, 4) is 0 Å². The van der Waals surface area contributed by atoms with Crippen LogP contribution < -0.4 is 10.2 Å². The zero-order valence-electron chi connectivity index (χ0n) is 15.5. The molecule has 1 aliphatic rings. The monoisotopic (exact) mass is 374 g/mol. The highest BCUT2D eigenvalue weighted by Crippen LogP contribution is 2.41. The van der Waals surface area contributed by atoms with E-state index in [1.165, 1.54) is 0 Å². The highest BCUT2D eigenvalue weighted by molar-refractivity contribution is 6.01. The first-order chi connectivity index (χ1) is 13.7. The van der Waals surface area contributed by atoms with Crippen molar-refractivity contribution in [3.63, 3.8) is 0 Å². The van der Waals surface area contributed by atoms with Crippen molar-refractivity contribution in [1.29, 1.82) is 0 Å². The van der Waals surface area contributed by atoms with E-state index in [4.69, 9.17) is 4.42 Å². The Morgan fingerprint density at radius 2 is 1.64 bits per heavy atom. The molecule has 2 aromatic carbocycles. The summed E-state index contributed by atoms with van der Waals surface area (Å²) in [5.41, 5.74) is 1.90. The Morgan fingerprint density at radius 1 is 0.929 bits per heavy atom. The summed E-state index contributed by atoms with van der Waals surface area (Å²) < 4.78 is 5.23. The highest BCUT2D eigenvalue weighted by Gasteiger charge is 2.49. The molecule has 0 spiro atoms. The zero-order chi connectivity index (χ0) is 19.3. The Balaban J connectivity index is 1.43. The van der Waals surface area contributed by atoms with Crippen LogP contribution in [-0.4, -0.2) is 11.8 Å². The maximum atomic E-state index is 13.2. The van der Waals surface area contributed by atoms with Crippen LogP contribution in [0.2, 0.25) is 0 Å². The van der Waals surface area contributed by atoms with E-state index in [1.54, 1.807) is 17.2 Å². The van der Waals surface area contributed by atoms with Crippen molar-refractivity contribution < 1.29 is 14.0 Å². The van der Waals surface area contributed by atoms with Crippen LogP contribution >= 0.6 is 0 Å². The van der Waals surface area contributed by atoms with E-state index in [-0.39, 0.29) is 23.7 Å². The topological polar surface area (TPSA) is 62.6 Å². The molecule has 28 heavy (non-hydrogen) atoms. The van der Waals surface area contributed by atoms with Gasteiger partial charge in [-0.15, -0.1) is 0 Å². The second-order valence-corrected chi connectivity index (χ2v) is 6.99. The van der Waals surface area contributed by atoms with Crippen LogP contribution in [0.25, 0.3) is 0 Å². The first-order valence-corrected chi connectivity index (χ1v) is 9.43. The summed E-state index contributed by atoms with van der Waals surface area (Å²) in [5.74, 6) is 0.0486. The minimum Gasteiger partial charge on any atom is -0.467 e. The van der Waals surface area contributed by atoms with E-state index in [1.807, 2.05) is 66.7 Å². The molecule has 2 unspecified atom stereocenters. The van der Waals surface area contributed by atoms with Gasteiger partial charge in [0.15, 0.2) is 0 Å². The number of carbonyl (C=O) groups is 2. The van der Waals surface area contributed by atoms with Crippen LogP contribution in [0.15, 0.2) is 83.5 Å². The van der Waals surface area contributed by atoms with Crippen LogP contribution in [0, 0.1) is 11.8 Å². The average molecular weight is 374 g/mol. The van der Waals surface area contributed by atoms with Gasteiger partial charge in [0, 0.05) is 5.69 Å². The molecule has 0 radical (unpaired) electrons. The van der Waals surface area contributed by atoms with Gasteiger partial charge >= 0.3 is 0 Å². The molecule has 1 N–H and O–H groups in total. The molecule has 2 atom stereocenters. The number of carbonyl (C=O) groups excluding carboxylic acids is 2. The van der Waals surface area contributed by atoms with Gasteiger partial charge in [0.05, 0.1) is 31.2 Å². The number of furan rings is 1. The maximum Gasteiger partial charge on any atom is 0.231 e. The summed E-state index contributed by atoms with van der Waals surface area (Å²) in [6, 6.07) is 23.1. The molecular weight excluding hydrogens is 352 g/mol. The molecule has 1 fully saturated rings. The van der Waals surface area contributed by atoms with Crippen LogP contribution in [0.5, 0.6) is 0 Å². The van der Waals surface area contributed by atoms with Gasteiger partial charge in [-0.05, 0) is 36.2 Å². The summed E-state index contributed by atoms with van der Waals surface area (Å²) in [4.78, 5) is 27.4. The number of rotatable bonds is 7. The van der Waals surface area contributed by atoms with Crippen molar-refractivity contribution in [2.24, 2.45) is 11.8 Å². The molecule has 1 heterocycles. The molecule has 2 amide bonds. The highest BCUT2D eigenvalue weighted by atomic mass is 16.3. The van der Waals surface area contributed by atoms with Crippen LogP contribution in [0.1, 0.15) is 17.7 Å². The third-order valence-corrected chi connectivity index (χ3v) is 4.98. The summed E-state index contributed by atoms with van der Waals surface area (Å²) in [6.45, 7) is 0.830. The molecule has 3 aromatic rings. The normalized spacial score (nSPS) is 17.7. The minimum absolute atomic E-state index is 0.00629. The summed E-state index contributed by atoms with van der Waals surface area (Å²) in [6.07, 6.45) is 2.16. The predicted molar refractivity (Wildman–Crippen MR) is 106 cm³/mol. The molecule has 1 aliphatic carbocycles.